The molecule has 0 spiro atoms. The van der Waals surface area contributed by atoms with E-state index in [0.29, 0.717) is 11.6 Å². The molecule has 132 valence electrons. The number of aryl methyl sites for hydroxylation is 1. The quantitative estimate of drug-likeness (QED) is 0.726. The van der Waals surface area contributed by atoms with Crippen molar-refractivity contribution in [2.24, 2.45) is 0 Å². The zero-order valence-electron chi connectivity index (χ0n) is 13.8. The van der Waals surface area contributed by atoms with E-state index in [1.807, 2.05) is 0 Å². The van der Waals surface area contributed by atoms with Gasteiger partial charge in [0.15, 0.2) is 5.82 Å². The van der Waals surface area contributed by atoms with Gasteiger partial charge in [-0.25, -0.2) is 4.79 Å². The highest BCUT2D eigenvalue weighted by Crippen LogP contribution is 2.29. The molecule has 1 aliphatic carbocycles. The van der Waals surface area contributed by atoms with Gasteiger partial charge in [-0.3, -0.25) is 9.59 Å². The monoisotopic (exact) mass is 355 g/mol. The largest absolute Gasteiger partial charge is 0.480 e. The highest BCUT2D eigenvalue weighted by molar-refractivity contribution is 8.01. The van der Waals surface area contributed by atoms with Gasteiger partial charge in [-0.2, -0.15) is 0 Å². The fourth-order valence-electron chi connectivity index (χ4n) is 2.21. The van der Waals surface area contributed by atoms with Crippen LogP contribution in [0.5, 0.6) is 0 Å². The van der Waals surface area contributed by atoms with Crippen molar-refractivity contribution in [2.45, 2.75) is 50.9 Å². The maximum Gasteiger partial charge on any atom is 0.326 e. The third kappa shape index (κ3) is 4.73. The smallest absolute Gasteiger partial charge is 0.326 e. The maximum absolute atomic E-state index is 12.3. The Morgan fingerprint density at radius 2 is 2.12 bits per heavy atom. The molecule has 0 aliphatic heterocycles. The maximum atomic E-state index is 12.3. The number of rotatable bonds is 8. The normalized spacial score (nSPS) is 16.3. The van der Waals surface area contributed by atoms with Crippen molar-refractivity contribution in [3.05, 3.63) is 11.8 Å². The van der Waals surface area contributed by atoms with Crippen LogP contribution in [0.3, 0.4) is 0 Å². The molecule has 1 aromatic rings. The summed E-state index contributed by atoms with van der Waals surface area (Å²) >= 11 is 1.17. The molecule has 1 aliphatic rings. The Bertz CT molecular complexity index is 628. The number of carbonyl (C=O) groups excluding carboxylic acids is 2. The summed E-state index contributed by atoms with van der Waals surface area (Å²) in [7, 11) is 0. The van der Waals surface area contributed by atoms with Crippen LogP contribution in [-0.4, -0.2) is 56.0 Å². The lowest BCUT2D eigenvalue weighted by atomic mass is 10.2. The Kier molecular flexibility index (Phi) is 5.87. The second-order valence-corrected chi connectivity index (χ2v) is 7.14. The molecule has 1 aromatic heterocycles. The number of carboxylic acids is 1. The van der Waals surface area contributed by atoms with Crippen LogP contribution in [-0.2, 0) is 14.4 Å². The molecule has 1 fully saturated rings. The summed E-state index contributed by atoms with van der Waals surface area (Å²) in [5.41, 5.74) is 0. The zero-order chi connectivity index (χ0) is 17.9. The van der Waals surface area contributed by atoms with Crippen LogP contribution in [0, 0.1) is 6.92 Å². The van der Waals surface area contributed by atoms with Crippen LogP contribution < -0.4 is 5.32 Å². The molecule has 0 aromatic carbocycles. The van der Waals surface area contributed by atoms with Gasteiger partial charge in [0.25, 0.3) is 0 Å². The number of carboxylic acid groups (broad SMARTS) is 1. The number of nitrogens with one attached hydrogen (secondary N) is 1. The number of aromatic nitrogens is 1. The van der Waals surface area contributed by atoms with Crippen LogP contribution in [0.15, 0.2) is 10.6 Å². The second-order valence-electron chi connectivity index (χ2n) is 5.81. The van der Waals surface area contributed by atoms with Gasteiger partial charge in [0.2, 0.25) is 11.8 Å². The number of amides is 2. The number of anilines is 1. The van der Waals surface area contributed by atoms with Gasteiger partial charge < -0.3 is 19.8 Å². The van der Waals surface area contributed by atoms with Gasteiger partial charge in [0, 0.05) is 12.1 Å². The molecule has 2 N–H and O–H groups in total. The third-order valence-electron chi connectivity index (χ3n) is 3.71. The van der Waals surface area contributed by atoms with E-state index in [1.165, 1.54) is 23.6 Å². The standard InChI is InChI=1S/C15H21N3O5S/c1-8-6-12(17-23-8)16-14(20)10(3)24-7-13(19)18(11-4-5-11)9(2)15(21)22/h6,9-11H,4-5,7H2,1-3H3,(H,21,22)(H,16,17,20). The van der Waals surface area contributed by atoms with Crippen molar-refractivity contribution in [3.8, 4) is 0 Å². The first kappa shape index (κ1) is 18.3. The van der Waals surface area contributed by atoms with Crippen LogP contribution in [0.1, 0.15) is 32.4 Å². The van der Waals surface area contributed by atoms with Gasteiger partial charge in [-0.05, 0) is 33.6 Å². The predicted octanol–water partition coefficient (Wildman–Crippen LogP) is 1.51. The number of aliphatic carboxylic acids is 1. The molecule has 1 saturated carbocycles. The Hall–Kier alpha value is -2.03. The number of nitrogens with zero attached hydrogens (tertiary/aromatic N) is 2. The molecule has 0 bridgehead atoms. The molecule has 2 unspecified atom stereocenters. The topological polar surface area (TPSA) is 113 Å². The minimum Gasteiger partial charge on any atom is -0.480 e. The van der Waals surface area contributed by atoms with E-state index in [1.54, 1.807) is 19.9 Å². The van der Waals surface area contributed by atoms with Crippen LogP contribution in [0.25, 0.3) is 0 Å². The Morgan fingerprint density at radius 3 is 2.62 bits per heavy atom. The molecule has 2 atom stereocenters. The van der Waals surface area contributed by atoms with Crippen molar-refractivity contribution < 1.29 is 24.0 Å². The zero-order valence-corrected chi connectivity index (χ0v) is 14.6. The Labute approximate surface area is 143 Å². The first-order valence-corrected chi connectivity index (χ1v) is 8.74. The predicted molar refractivity (Wildman–Crippen MR) is 88.8 cm³/mol. The van der Waals surface area contributed by atoms with Crippen molar-refractivity contribution in [1.82, 2.24) is 10.1 Å². The van der Waals surface area contributed by atoms with Crippen molar-refractivity contribution in [2.75, 3.05) is 11.1 Å². The van der Waals surface area contributed by atoms with Crippen LogP contribution in [0.2, 0.25) is 0 Å². The van der Waals surface area contributed by atoms with E-state index in [9.17, 15) is 14.4 Å². The summed E-state index contributed by atoms with van der Waals surface area (Å²) in [6, 6.07) is 0.753. The van der Waals surface area contributed by atoms with E-state index < -0.39 is 17.3 Å². The SMILES string of the molecule is Cc1cc(NC(=O)C(C)SCC(=O)N(C2CC2)C(C)C(=O)O)no1. The summed E-state index contributed by atoms with van der Waals surface area (Å²) in [5.74, 6) is -0.591. The van der Waals surface area contributed by atoms with E-state index in [4.69, 9.17) is 9.63 Å². The summed E-state index contributed by atoms with van der Waals surface area (Å²) in [4.78, 5) is 37.0. The first-order chi connectivity index (χ1) is 11.3. The summed E-state index contributed by atoms with van der Waals surface area (Å²) in [6.07, 6.45) is 1.66. The number of thioether (sulfide) groups is 1. The lowest BCUT2D eigenvalue weighted by Gasteiger charge is -2.26. The number of hydrogen-bond donors (Lipinski definition) is 2. The lowest BCUT2D eigenvalue weighted by Crippen LogP contribution is -2.45. The Morgan fingerprint density at radius 1 is 1.46 bits per heavy atom. The van der Waals surface area contributed by atoms with E-state index in [2.05, 4.69) is 10.5 Å². The molecule has 0 radical (unpaired) electrons. The highest BCUT2D eigenvalue weighted by atomic mass is 32.2. The second kappa shape index (κ2) is 7.69. The summed E-state index contributed by atoms with van der Waals surface area (Å²) in [6.45, 7) is 4.91. The van der Waals surface area contributed by atoms with Gasteiger partial charge >= 0.3 is 5.97 Å². The van der Waals surface area contributed by atoms with Gasteiger partial charge in [0.05, 0.1) is 11.0 Å². The number of carbonyl (C=O) groups is 3. The van der Waals surface area contributed by atoms with Crippen LogP contribution in [0.4, 0.5) is 5.82 Å². The fraction of sp³-hybridized carbons (Fsp3) is 0.600. The van der Waals surface area contributed by atoms with Crippen molar-refractivity contribution in [3.63, 3.8) is 0 Å². The molecule has 24 heavy (non-hydrogen) atoms. The van der Waals surface area contributed by atoms with Gasteiger partial charge in [-0.1, -0.05) is 5.16 Å². The average Bonchev–Trinajstić information content (AvgIpc) is 3.27. The highest BCUT2D eigenvalue weighted by Gasteiger charge is 2.38. The minimum atomic E-state index is -1.02. The van der Waals surface area contributed by atoms with E-state index in [-0.39, 0.29) is 23.6 Å². The minimum absolute atomic E-state index is 0.00596. The average molecular weight is 355 g/mol. The molecule has 0 saturated heterocycles. The fourth-order valence-corrected chi connectivity index (χ4v) is 2.96. The van der Waals surface area contributed by atoms with E-state index in [0.717, 1.165) is 12.8 Å². The van der Waals surface area contributed by atoms with Gasteiger partial charge in [0.1, 0.15) is 11.8 Å². The first-order valence-electron chi connectivity index (χ1n) is 7.69. The van der Waals surface area contributed by atoms with Crippen LogP contribution >= 0.6 is 11.8 Å². The van der Waals surface area contributed by atoms with Crippen molar-refractivity contribution in [1.29, 1.82) is 0 Å². The summed E-state index contributed by atoms with van der Waals surface area (Å²) in [5, 5.41) is 14.9. The van der Waals surface area contributed by atoms with Gasteiger partial charge in [-0.15, -0.1) is 11.8 Å². The molecular weight excluding hydrogens is 334 g/mol. The molecule has 2 amide bonds. The molecule has 1 heterocycles. The molecular formula is C15H21N3O5S. The Balaban J connectivity index is 1.85. The van der Waals surface area contributed by atoms with E-state index >= 15 is 0 Å². The molecule has 9 heteroatoms. The molecule has 8 nitrogen and oxygen atoms in total. The van der Waals surface area contributed by atoms with Crippen molar-refractivity contribution >= 4 is 35.4 Å². The lowest BCUT2D eigenvalue weighted by molar-refractivity contribution is -0.148. The number of hydrogen-bond acceptors (Lipinski definition) is 6. The molecule has 2 rings (SSSR count). The summed E-state index contributed by atoms with van der Waals surface area (Å²) < 4.78 is 4.87. The third-order valence-corrected chi connectivity index (χ3v) is 4.84.